The number of rotatable bonds is 5. The Morgan fingerprint density at radius 3 is 2.61 bits per heavy atom. The topological polar surface area (TPSA) is 116 Å². The molecule has 31 heavy (non-hydrogen) atoms. The number of nitro benzene ring substituents is 1. The molecule has 0 saturated heterocycles. The highest BCUT2D eigenvalue weighted by molar-refractivity contribution is 9.12. The van der Waals surface area contributed by atoms with E-state index in [2.05, 4.69) is 36.6 Å². The van der Waals surface area contributed by atoms with Crippen LogP contribution in [-0.4, -0.2) is 28.8 Å². The van der Waals surface area contributed by atoms with E-state index in [1.54, 1.807) is 10.7 Å². The van der Waals surface area contributed by atoms with Gasteiger partial charge in [0.15, 0.2) is 0 Å². The average Bonchev–Trinajstić information content (AvgIpc) is 3.27. The molecule has 3 aromatic rings. The molecule has 0 fully saturated rings. The zero-order valence-electron chi connectivity index (χ0n) is 17.0. The fourth-order valence-electron chi connectivity index (χ4n) is 3.63. The van der Waals surface area contributed by atoms with Crippen molar-refractivity contribution >= 4 is 33.4 Å². The van der Waals surface area contributed by atoms with E-state index in [4.69, 9.17) is 0 Å². The number of hydrogen-bond donors (Lipinski definition) is 0. The number of fused-ring (bicyclic) bond motifs is 1. The first-order chi connectivity index (χ1) is 14.6. The van der Waals surface area contributed by atoms with E-state index in [-0.39, 0.29) is 17.5 Å². The van der Waals surface area contributed by atoms with E-state index in [9.17, 15) is 15.0 Å². The van der Waals surface area contributed by atoms with E-state index in [1.165, 1.54) is 11.8 Å². The summed E-state index contributed by atoms with van der Waals surface area (Å²) in [6.07, 6.45) is 0.228. The average molecular weight is 503 g/mol. The second kappa shape index (κ2) is 7.79. The van der Waals surface area contributed by atoms with Crippen LogP contribution in [0.1, 0.15) is 43.5 Å². The van der Waals surface area contributed by atoms with Crippen molar-refractivity contribution in [1.29, 1.82) is 0 Å². The van der Waals surface area contributed by atoms with E-state index in [0.717, 1.165) is 11.3 Å². The molecule has 2 aromatic carbocycles. The Morgan fingerprint density at radius 2 is 2.00 bits per heavy atom. The smallest absolute Gasteiger partial charge is 0.258 e. The predicted octanol–water partition coefficient (Wildman–Crippen LogP) is 5.12. The van der Waals surface area contributed by atoms with Gasteiger partial charge in [-0.1, -0.05) is 77.9 Å². The van der Waals surface area contributed by atoms with Crippen LogP contribution >= 0.6 is 27.7 Å². The number of tetrazole rings is 1. The number of para-hydroxylation sites is 1. The van der Waals surface area contributed by atoms with Crippen molar-refractivity contribution in [3.05, 3.63) is 74.2 Å². The van der Waals surface area contributed by atoms with Crippen LogP contribution in [0.3, 0.4) is 0 Å². The minimum Gasteiger partial charge on any atom is -0.258 e. The molecule has 0 saturated carbocycles. The summed E-state index contributed by atoms with van der Waals surface area (Å²) >= 11 is 4.91. The summed E-state index contributed by atoms with van der Waals surface area (Å²) in [4.78, 5) is 23.4. The maximum absolute atomic E-state index is 12.0. The van der Waals surface area contributed by atoms with Gasteiger partial charge in [-0.05, 0) is 39.1 Å². The highest BCUT2D eigenvalue weighted by atomic mass is 79.9. The molecule has 1 heterocycles. The molecule has 160 valence electrons. The highest BCUT2D eigenvalue weighted by Gasteiger charge is 2.51. The first-order valence-corrected chi connectivity index (χ1v) is 11.1. The first kappa shape index (κ1) is 21.6. The van der Waals surface area contributed by atoms with Gasteiger partial charge in [-0.25, -0.2) is 0 Å². The van der Waals surface area contributed by atoms with Crippen molar-refractivity contribution < 1.29 is 4.92 Å². The van der Waals surface area contributed by atoms with Gasteiger partial charge in [0.25, 0.3) is 5.69 Å². The standard InChI is InChI=1S/C20H19BrN6O3S/c1-19(2,3)12-9-14-15(16(10-12)27(29)30)11-20(21,17(14)23-28)31-18-22-24-25-26(18)13-7-5-4-6-8-13/h4-10,17H,11H2,1-3H3. The number of aromatic nitrogens is 4. The lowest BCUT2D eigenvalue weighted by molar-refractivity contribution is -0.385. The van der Waals surface area contributed by atoms with Crippen LogP contribution in [-0.2, 0) is 11.8 Å². The van der Waals surface area contributed by atoms with Gasteiger partial charge in [0.05, 0.1) is 10.6 Å². The van der Waals surface area contributed by atoms with Crippen LogP contribution in [0.4, 0.5) is 5.69 Å². The Bertz CT molecular complexity index is 1160. The highest BCUT2D eigenvalue weighted by Crippen LogP contribution is 2.58. The molecule has 0 radical (unpaired) electrons. The summed E-state index contributed by atoms with van der Waals surface area (Å²) in [6.45, 7) is 5.92. The second-order valence-corrected chi connectivity index (χ2v) is 11.6. The Balaban J connectivity index is 1.78. The molecule has 0 bridgehead atoms. The number of hydrogen-bond acceptors (Lipinski definition) is 8. The molecule has 0 spiro atoms. The SMILES string of the molecule is CC(C)(C)c1cc2c(c([N+](=O)[O-])c1)CC(Br)(Sc1nnnn1-c1ccccc1)C2N=O. The van der Waals surface area contributed by atoms with Crippen LogP contribution in [0.2, 0.25) is 0 Å². The number of alkyl halides is 1. The molecule has 1 aliphatic carbocycles. The number of nitroso groups, excluding NO2 is 1. The van der Waals surface area contributed by atoms with Crippen molar-refractivity contribution in [2.24, 2.45) is 5.18 Å². The summed E-state index contributed by atoms with van der Waals surface area (Å²) in [5.74, 6) is 0. The lowest BCUT2D eigenvalue weighted by Crippen LogP contribution is -2.21. The van der Waals surface area contributed by atoms with Crippen molar-refractivity contribution in [2.45, 2.75) is 47.5 Å². The maximum Gasteiger partial charge on any atom is 0.273 e. The largest absolute Gasteiger partial charge is 0.273 e. The third-order valence-electron chi connectivity index (χ3n) is 5.25. The molecule has 11 heteroatoms. The van der Waals surface area contributed by atoms with E-state index in [0.29, 0.717) is 16.3 Å². The molecule has 1 aromatic heterocycles. The quantitative estimate of drug-likeness (QED) is 0.205. The van der Waals surface area contributed by atoms with Gasteiger partial charge >= 0.3 is 0 Å². The number of benzene rings is 2. The van der Waals surface area contributed by atoms with Gasteiger partial charge < -0.3 is 0 Å². The van der Waals surface area contributed by atoms with Crippen LogP contribution in [0.5, 0.6) is 0 Å². The fraction of sp³-hybridized carbons (Fsp3) is 0.350. The molecule has 0 aliphatic heterocycles. The number of halogens is 1. The number of nitrogens with zero attached hydrogens (tertiary/aromatic N) is 6. The molecule has 9 nitrogen and oxygen atoms in total. The van der Waals surface area contributed by atoms with E-state index >= 15 is 0 Å². The molecule has 0 N–H and O–H groups in total. The van der Waals surface area contributed by atoms with Crippen LogP contribution in [0, 0.1) is 15.0 Å². The summed E-state index contributed by atoms with van der Waals surface area (Å²) in [6, 6.07) is 12.0. The van der Waals surface area contributed by atoms with Gasteiger partial charge in [-0.2, -0.15) is 9.59 Å². The summed E-state index contributed by atoms with van der Waals surface area (Å²) in [5, 5.41) is 27.6. The van der Waals surface area contributed by atoms with Crippen molar-refractivity contribution in [3.8, 4) is 5.69 Å². The van der Waals surface area contributed by atoms with Gasteiger partial charge in [0.2, 0.25) is 5.16 Å². The lowest BCUT2D eigenvalue weighted by atomic mass is 9.84. The van der Waals surface area contributed by atoms with Crippen LogP contribution in [0.15, 0.2) is 52.8 Å². The third kappa shape index (κ3) is 3.87. The number of thioether (sulfide) groups is 1. The zero-order valence-corrected chi connectivity index (χ0v) is 19.4. The predicted molar refractivity (Wildman–Crippen MR) is 121 cm³/mol. The molecular weight excluding hydrogens is 484 g/mol. The number of nitro groups is 1. The monoisotopic (exact) mass is 502 g/mol. The molecule has 4 rings (SSSR count). The summed E-state index contributed by atoms with van der Waals surface area (Å²) in [7, 11) is 0. The Kier molecular flexibility index (Phi) is 5.42. The van der Waals surface area contributed by atoms with E-state index < -0.39 is 14.6 Å². The molecule has 2 unspecified atom stereocenters. The molecule has 2 atom stereocenters. The molecule has 1 aliphatic rings. The zero-order chi connectivity index (χ0) is 22.4. The third-order valence-corrected chi connectivity index (χ3v) is 7.60. The fourth-order valence-corrected chi connectivity index (χ4v) is 5.79. The van der Waals surface area contributed by atoms with Crippen LogP contribution in [0.25, 0.3) is 5.69 Å². The lowest BCUT2D eigenvalue weighted by Gasteiger charge is -2.24. The Hall–Kier alpha value is -2.66. The Morgan fingerprint density at radius 1 is 1.29 bits per heavy atom. The first-order valence-electron chi connectivity index (χ1n) is 9.50. The summed E-state index contributed by atoms with van der Waals surface area (Å²) < 4.78 is 0.604. The second-order valence-electron chi connectivity index (χ2n) is 8.35. The van der Waals surface area contributed by atoms with Crippen molar-refractivity contribution in [2.75, 3.05) is 0 Å². The maximum atomic E-state index is 12.0. The van der Waals surface area contributed by atoms with Crippen LogP contribution < -0.4 is 0 Å². The minimum absolute atomic E-state index is 0.000603. The molecule has 0 amide bonds. The van der Waals surface area contributed by atoms with Crippen molar-refractivity contribution in [1.82, 2.24) is 20.2 Å². The van der Waals surface area contributed by atoms with E-state index in [1.807, 2.05) is 57.2 Å². The van der Waals surface area contributed by atoms with Gasteiger partial charge in [0, 0.05) is 18.1 Å². The summed E-state index contributed by atoms with van der Waals surface area (Å²) in [5.41, 5.74) is 2.29. The van der Waals surface area contributed by atoms with Crippen molar-refractivity contribution in [3.63, 3.8) is 0 Å². The molecular formula is C20H19BrN6O3S. The van der Waals surface area contributed by atoms with Gasteiger partial charge in [-0.15, -0.1) is 5.10 Å². The minimum atomic E-state index is -0.959. The van der Waals surface area contributed by atoms with Gasteiger partial charge in [0.1, 0.15) is 9.70 Å². The Labute approximate surface area is 190 Å². The normalized spacial score (nSPS) is 20.5. The van der Waals surface area contributed by atoms with Gasteiger partial charge in [-0.3, -0.25) is 10.1 Å².